The minimum absolute atomic E-state index is 0.00936. The molecule has 2 rings (SSSR count). The van der Waals surface area contributed by atoms with Gasteiger partial charge in [-0.05, 0) is 18.6 Å². The summed E-state index contributed by atoms with van der Waals surface area (Å²) in [5.74, 6) is -0.280. The molecule has 1 aromatic rings. The first-order valence-corrected chi connectivity index (χ1v) is 9.51. The zero-order chi connectivity index (χ0) is 19.8. The zero-order valence-electron chi connectivity index (χ0n) is 16.1. The van der Waals surface area contributed by atoms with Gasteiger partial charge in [-0.2, -0.15) is 0 Å². The Balaban J connectivity index is 2.05. The number of unbranched alkanes of at least 4 members (excludes halogenated alkanes) is 3. The van der Waals surface area contributed by atoms with Gasteiger partial charge in [-0.25, -0.2) is 0 Å². The second kappa shape index (κ2) is 9.89. The van der Waals surface area contributed by atoms with E-state index in [4.69, 9.17) is 0 Å². The SMILES string of the molecule is CCCCCCNC(=O)c1ccc(N2CCN(C(C)=O)CC2)c([N+](=O)[O-])c1. The van der Waals surface area contributed by atoms with E-state index in [1.165, 1.54) is 13.0 Å². The average Bonchev–Trinajstić information content (AvgIpc) is 2.67. The monoisotopic (exact) mass is 376 g/mol. The first-order valence-electron chi connectivity index (χ1n) is 9.51. The van der Waals surface area contributed by atoms with E-state index in [2.05, 4.69) is 12.2 Å². The Hall–Kier alpha value is -2.64. The average molecular weight is 376 g/mol. The lowest BCUT2D eigenvalue weighted by Gasteiger charge is -2.35. The molecule has 0 atom stereocenters. The number of anilines is 1. The number of hydrogen-bond donors (Lipinski definition) is 1. The second-order valence-electron chi connectivity index (χ2n) is 6.77. The fourth-order valence-corrected chi connectivity index (χ4v) is 3.20. The van der Waals surface area contributed by atoms with Crippen molar-refractivity contribution in [2.45, 2.75) is 39.5 Å². The van der Waals surface area contributed by atoms with Crippen LogP contribution in [0.4, 0.5) is 11.4 Å². The Morgan fingerprint density at radius 3 is 2.44 bits per heavy atom. The largest absolute Gasteiger partial charge is 0.362 e. The zero-order valence-corrected chi connectivity index (χ0v) is 16.1. The molecule has 1 aromatic carbocycles. The highest BCUT2D eigenvalue weighted by Crippen LogP contribution is 2.30. The van der Waals surface area contributed by atoms with Gasteiger partial charge in [0.15, 0.2) is 0 Å². The summed E-state index contributed by atoms with van der Waals surface area (Å²) in [4.78, 5) is 38.4. The summed E-state index contributed by atoms with van der Waals surface area (Å²) in [6.07, 6.45) is 4.22. The molecule has 8 heteroatoms. The van der Waals surface area contributed by atoms with Crippen molar-refractivity contribution in [3.05, 3.63) is 33.9 Å². The maximum absolute atomic E-state index is 12.3. The van der Waals surface area contributed by atoms with Gasteiger partial charge in [0.2, 0.25) is 5.91 Å². The number of hydrogen-bond acceptors (Lipinski definition) is 5. The molecule has 2 amide bonds. The molecule has 1 heterocycles. The smallest absolute Gasteiger partial charge is 0.293 e. The lowest BCUT2D eigenvalue weighted by molar-refractivity contribution is -0.384. The highest BCUT2D eigenvalue weighted by atomic mass is 16.6. The van der Waals surface area contributed by atoms with Crippen molar-refractivity contribution in [1.29, 1.82) is 0 Å². The molecule has 1 fully saturated rings. The molecule has 0 aliphatic carbocycles. The number of nitrogens with zero attached hydrogens (tertiary/aromatic N) is 3. The molecule has 0 unspecified atom stereocenters. The number of nitro groups is 1. The molecule has 1 aliphatic rings. The minimum atomic E-state index is -0.454. The van der Waals surface area contributed by atoms with E-state index in [0.29, 0.717) is 44.0 Å². The Labute approximate surface area is 159 Å². The molecule has 0 bridgehead atoms. The third-order valence-electron chi connectivity index (χ3n) is 4.82. The van der Waals surface area contributed by atoms with E-state index in [0.717, 1.165) is 25.7 Å². The van der Waals surface area contributed by atoms with E-state index >= 15 is 0 Å². The standard InChI is InChI=1S/C19H28N4O4/c1-3-4-5-6-9-20-19(25)16-7-8-17(18(14-16)23(26)27)22-12-10-21(11-13-22)15(2)24/h7-8,14H,3-6,9-13H2,1-2H3,(H,20,25). The van der Waals surface area contributed by atoms with E-state index in [1.807, 2.05) is 4.90 Å². The fraction of sp³-hybridized carbons (Fsp3) is 0.579. The summed E-state index contributed by atoms with van der Waals surface area (Å²) in [6.45, 7) is 6.35. The molecule has 148 valence electrons. The lowest BCUT2D eigenvalue weighted by Crippen LogP contribution is -2.48. The van der Waals surface area contributed by atoms with Gasteiger partial charge >= 0.3 is 0 Å². The molecule has 0 spiro atoms. The second-order valence-corrected chi connectivity index (χ2v) is 6.77. The molecule has 1 N–H and O–H groups in total. The maximum Gasteiger partial charge on any atom is 0.293 e. The summed E-state index contributed by atoms with van der Waals surface area (Å²) in [6, 6.07) is 4.60. The summed E-state index contributed by atoms with van der Waals surface area (Å²) >= 11 is 0. The van der Waals surface area contributed by atoms with Crippen molar-refractivity contribution in [2.75, 3.05) is 37.6 Å². The van der Waals surface area contributed by atoms with Crippen molar-refractivity contribution < 1.29 is 14.5 Å². The number of carbonyl (C=O) groups excluding carboxylic acids is 2. The number of nitrogens with one attached hydrogen (secondary N) is 1. The third kappa shape index (κ3) is 5.67. The van der Waals surface area contributed by atoms with Gasteiger partial charge in [-0.1, -0.05) is 26.2 Å². The van der Waals surface area contributed by atoms with Gasteiger partial charge in [0.05, 0.1) is 4.92 Å². The predicted molar refractivity (Wildman–Crippen MR) is 104 cm³/mol. The number of rotatable bonds is 8. The molecule has 27 heavy (non-hydrogen) atoms. The van der Waals surface area contributed by atoms with Crippen LogP contribution in [0.15, 0.2) is 18.2 Å². The Morgan fingerprint density at radius 1 is 1.15 bits per heavy atom. The van der Waals surface area contributed by atoms with Gasteiger partial charge in [-0.3, -0.25) is 19.7 Å². The van der Waals surface area contributed by atoms with Crippen LogP contribution in [0.5, 0.6) is 0 Å². The van der Waals surface area contributed by atoms with E-state index in [-0.39, 0.29) is 17.5 Å². The molecule has 1 saturated heterocycles. The highest BCUT2D eigenvalue weighted by Gasteiger charge is 2.25. The topological polar surface area (TPSA) is 95.8 Å². The normalized spacial score (nSPS) is 14.1. The van der Waals surface area contributed by atoms with Gasteiger partial charge in [0, 0.05) is 51.3 Å². The van der Waals surface area contributed by atoms with Crippen LogP contribution in [0.2, 0.25) is 0 Å². The Bertz CT molecular complexity index is 684. The Morgan fingerprint density at radius 2 is 1.85 bits per heavy atom. The van der Waals surface area contributed by atoms with Crippen LogP contribution in [0.1, 0.15) is 49.9 Å². The summed E-state index contributed by atoms with van der Waals surface area (Å²) in [5.41, 5.74) is 0.705. The van der Waals surface area contributed by atoms with Gasteiger partial charge < -0.3 is 15.1 Å². The van der Waals surface area contributed by atoms with Crippen LogP contribution in [0.25, 0.3) is 0 Å². The van der Waals surface area contributed by atoms with Crippen molar-refractivity contribution in [1.82, 2.24) is 10.2 Å². The summed E-state index contributed by atoms with van der Waals surface area (Å²) < 4.78 is 0. The number of amides is 2. The summed E-state index contributed by atoms with van der Waals surface area (Å²) in [7, 11) is 0. The number of nitro benzene ring substituents is 1. The van der Waals surface area contributed by atoms with Crippen molar-refractivity contribution in [2.24, 2.45) is 0 Å². The van der Waals surface area contributed by atoms with Crippen molar-refractivity contribution in [3.63, 3.8) is 0 Å². The van der Waals surface area contributed by atoms with E-state index in [9.17, 15) is 19.7 Å². The van der Waals surface area contributed by atoms with Crippen LogP contribution in [0.3, 0.4) is 0 Å². The number of piperazine rings is 1. The van der Waals surface area contributed by atoms with E-state index < -0.39 is 4.92 Å². The van der Waals surface area contributed by atoms with Crippen LogP contribution >= 0.6 is 0 Å². The fourth-order valence-electron chi connectivity index (χ4n) is 3.20. The van der Waals surface area contributed by atoms with Gasteiger partial charge in [0.25, 0.3) is 11.6 Å². The molecule has 1 aliphatic heterocycles. The van der Waals surface area contributed by atoms with Crippen LogP contribution in [0, 0.1) is 10.1 Å². The maximum atomic E-state index is 12.3. The highest BCUT2D eigenvalue weighted by molar-refractivity contribution is 5.95. The molecule has 8 nitrogen and oxygen atoms in total. The molecule has 0 saturated carbocycles. The first kappa shape index (κ1) is 20.7. The molecule has 0 aromatic heterocycles. The van der Waals surface area contributed by atoms with Crippen LogP contribution in [-0.2, 0) is 4.79 Å². The van der Waals surface area contributed by atoms with E-state index in [1.54, 1.807) is 17.0 Å². The molecular weight excluding hydrogens is 348 g/mol. The minimum Gasteiger partial charge on any atom is -0.362 e. The third-order valence-corrected chi connectivity index (χ3v) is 4.82. The first-order chi connectivity index (χ1) is 12.9. The number of carbonyl (C=O) groups is 2. The molecule has 0 radical (unpaired) electrons. The summed E-state index contributed by atoms with van der Waals surface area (Å²) in [5, 5.41) is 14.3. The number of benzene rings is 1. The van der Waals surface area contributed by atoms with Crippen LogP contribution in [-0.4, -0.2) is 54.4 Å². The quantitative estimate of drug-likeness (QED) is 0.427. The van der Waals surface area contributed by atoms with Gasteiger partial charge in [-0.15, -0.1) is 0 Å². The lowest BCUT2D eigenvalue weighted by atomic mass is 10.1. The van der Waals surface area contributed by atoms with Crippen molar-refractivity contribution in [3.8, 4) is 0 Å². The van der Waals surface area contributed by atoms with Crippen molar-refractivity contribution >= 4 is 23.2 Å². The Kier molecular flexibility index (Phi) is 7.57. The van der Waals surface area contributed by atoms with Gasteiger partial charge in [0.1, 0.15) is 5.69 Å². The van der Waals surface area contributed by atoms with Crippen LogP contribution < -0.4 is 10.2 Å². The molecular formula is C19H28N4O4. The predicted octanol–water partition coefficient (Wildman–Crippen LogP) is 2.57.